The summed E-state index contributed by atoms with van der Waals surface area (Å²) in [4.78, 5) is 14.1. The SMILES string of the molecule is Cc1ccc2c(n1)oc1c(-c3nc4ccccc4n3-c3ccc(C(C)(C)C)cc3)[c-]ccc12.[2H]C([2H])([2H])c1c[c-]c(-c2cc[c]([Ge]([CH3])([CH3])[CH3])cn2)cc1.[Ir]. The Balaban J connectivity index is 0.000000205. The molecule has 259 valence electrons. The van der Waals surface area contributed by atoms with E-state index in [2.05, 4.69) is 107 Å². The summed E-state index contributed by atoms with van der Waals surface area (Å²) < 4.78 is 31.9. The van der Waals surface area contributed by atoms with Crippen LogP contribution in [0.5, 0.6) is 0 Å². The number of benzene rings is 4. The van der Waals surface area contributed by atoms with Gasteiger partial charge < -0.3 is 8.98 Å². The van der Waals surface area contributed by atoms with E-state index in [9.17, 15) is 0 Å². The van der Waals surface area contributed by atoms with E-state index in [0.717, 1.165) is 61.4 Å². The minimum Gasteiger partial charge on any atom is 0 e. The van der Waals surface area contributed by atoms with Gasteiger partial charge in [-0.3, -0.25) is 4.98 Å². The van der Waals surface area contributed by atoms with Crippen LogP contribution >= 0.6 is 0 Å². The molecule has 5 nitrogen and oxygen atoms in total. The van der Waals surface area contributed by atoms with E-state index in [4.69, 9.17) is 13.5 Å². The summed E-state index contributed by atoms with van der Waals surface area (Å²) in [6.07, 6.45) is 1.95. The number of nitrogens with zero attached hydrogens (tertiary/aromatic N) is 4. The number of rotatable bonds is 4. The third kappa shape index (κ3) is 7.50. The molecule has 0 aliphatic carbocycles. The normalized spacial score (nSPS) is 12.9. The van der Waals surface area contributed by atoms with Crippen molar-refractivity contribution in [3.8, 4) is 28.3 Å². The molecule has 0 aliphatic heterocycles. The van der Waals surface area contributed by atoms with Crippen LogP contribution < -0.4 is 4.40 Å². The summed E-state index contributed by atoms with van der Waals surface area (Å²) in [5.41, 5.74) is 9.55. The molecule has 4 aromatic heterocycles. The van der Waals surface area contributed by atoms with Crippen molar-refractivity contribution in [3.63, 3.8) is 0 Å². The number of fused-ring (bicyclic) bond motifs is 4. The molecular weight excluding hydrogens is 865 g/mol. The van der Waals surface area contributed by atoms with Crippen LogP contribution in [0.1, 0.15) is 41.7 Å². The molecule has 0 saturated carbocycles. The van der Waals surface area contributed by atoms with Gasteiger partial charge in [0.25, 0.3) is 0 Å². The smallest absolute Gasteiger partial charge is 0 e. The number of furan rings is 1. The first-order chi connectivity index (χ1) is 25.1. The van der Waals surface area contributed by atoms with Gasteiger partial charge in [-0.1, -0.05) is 56.0 Å². The van der Waals surface area contributed by atoms with Crippen molar-refractivity contribution in [2.75, 3.05) is 0 Å². The van der Waals surface area contributed by atoms with Crippen molar-refractivity contribution in [2.24, 2.45) is 0 Å². The molecule has 0 bridgehead atoms. The molecule has 0 amide bonds. The van der Waals surface area contributed by atoms with Crippen molar-refractivity contribution < 1.29 is 28.6 Å². The fourth-order valence-electron chi connectivity index (χ4n) is 6.03. The number of hydrogen-bond donors (Lipinski definition) is 0. The van der Waals surface area contributed by atoms with Gasteiger partial charge in [0.15, 0.2) is 0 Å². The number of pyridine rings is 2. The van der Waals surface area contributed by atoms with Crippen LogP contribution in [-0.2, 0) is 25.5 Å². The van der Waals surface area contributed by atoms with Gasteiger partial charge in [0.05, 0.1) is 22.4 Å². The Morgan fingerprint density at radius 1 is 0.824 bits per heavy atom. The molecular formula is C44H42GeIrN4O-2. The molecule has 7 heteroatoms. The summed E-state index contributed by atoms with van der Waals surface area (Å²) >= 11 is -1.83. The topological polar surface area (TPSA) is 56.7 Å². The summed E-state index contributed by atoms with van der Waals surface area (Å²) in [5.74, 6) is 7.79. The first-order valence-electron chi connectivity index (χ1n) is 18.4. The number of imidazole rings is 1. The van der Waals surface area contributed by atoms with Gasteiger partial charge in [-0.15, -0.1) is 18.2 Å². The largest absolute Gasteiger partial charge is 0 e. The zero-order valence-electron chi connectivity index (χ0n) is 32.9. The van der Waals surface area contributed by atoms with Crippen molar-refractivity contribution in [3.05, 3.63) is 138 Å². The third-order valence-corrected chi connectivity index (χ3v) is 13.2. The van der Waals surface area contributed by atoms with Crippen LogP contribution in [0.3, 0.4) is 0 Å². The van der Waals surface area contributed by atoms with E-state index in [0.29, 0.717) is 11.3 Å². The molecule has 0 N–H and O–H groups in total. The van der Waals surface area contributed by atoms with Gasteiger partial charge >= 0.3 is 110 Å². The maximum Gasteiger partial charge on any atom is 0 e. The zero-order chi connectivity index (χ0) is 37.7. The Morgan fingerprint density at radius 2 is 1.61 bits per heavy atom. The van der Waals surface area contributed by atoms with Crippen LogP contribution in [-0.4, -0.2) is 32.8 Å². The maximum atomic E-state index is 7.35. The van der Waals surface area contributed by atoms with Gasteiger partial charge in [0.2, 0.25) is 5.71 Å². The molecule has 4 heterocycles. The quantitative estimate of drug-likeness (QED) is 0.130. The fourth-order valence-corrected chi connectivity index (χ4v) is 8.20. The van der Waals surface area contributed by atoms with E-state index < -0.39 is 20.1 Å². The number of hydrogen-bond acceptors (Lipinski definition) is 4. The first-order valence-corrected chi connectivity index (χ1v) is 24.2. The molecule has 8 aromatic rings. The Morgan fingerprint density at radius 3 is 2.27 bits per heavy atom. The molecule has 0 saturated heterocycles. The van der Waals surface area contributed by atoms with Gasteiger partial charge in [-0.05, 0) is 54.3 Å². The average Bonchev–Trinajstić information content (AvgIpc) is 3.69. The van der Waals surface area contributed by atoms with Gasteiger partial charge in [-0.25, -0.2) is 4.98 Å². The summed E-state index contributed by atoms with van der Waals surface area (Å²) in [6, 6.07) is 40.5. The van der Waals surface area contributed by atoms with E-state index in [-0.39, 0.29) is 25.5 Å². The molecule has 8 rings (SSSR count). The van der Waals surface area contributed by atoms with Crippen molar-refractivity contribution in [2.45, 2.75) is 57.2 Å². The average molecular weight is 911 g/mol. The number of para-hydroxylation sites is 2. The van der Waals surface area contributed by atoms with Crippen LogP contribution in [0, 0.1) is 25.9 Å². The molecule has 0 spiro atoms. The predicted molar refractivity (Wildman–Crippen MR) is 210 cm³/mol. The van der Waals surface area contributed by atoms with Gasteiger partial charge in [0.1, 0.15) is 0 Å². The molecule has 0 fully saturated rings. The standard InChI is InChI=1S/C29H24N3O.C15H18GeN.Ir/c1-18-12-17-22-21-8-7-9-23(26(21)33-28(22)30-18)27-31-24-10-5-6-11-25(24)32(27)20-15-13-19(14-16-20)29(2,3)4;1-12-5-7-13(8-6-12)15-10-9-14(11-17-15)16(2,3)4;/h5-8,10-17H,1-4H3;5-7,9-11H,1-4H3;/q2*-1;/i;1D3;. The summed E-state index contributed by atoms with van der Waals surface area (Å²) in [6.45, 7) is 6.58. The Kier molecular flexibility index (Phi) is 9.15. The Hall–Kier alpha value is -4.36. The monoisotopic (exact) mass is 912 g/mol. The van der Waals surface area contributed by atoms with E-state index in [1.807, 2.05) is 55.6 Å². The van der Waals surface area contributed by atoms with Crippen LogP contribution in [0.25, 0.3) is 61.4 Å². The van der Waals surface area contributed by atoms with Crippen LogP contribution in [0.15, 0.2) is 114 Å². The molecule has 51 heavy (non-hydrogen) atoms. The van der Waals surface area contributed by atoms with Gasteiger partial charge in [-0.2, -0.15) is 0 Å². The first kappa shape index (κ1) is 32.5. The third-order valence-electron chi connectivity index (χ3n) is 8.93. The second-order valence-corrected chi connectivity index (χ2v) is 25.4. The Bertz CT molecular complexity index is 2510. The number of aryl methyl sites for hydroxylation is 2. The summed E-state index contributed by atoms with van der Waals surface area (Å²) in [5, 5.41) is 2.02. The van der Waals surface area contributed by atoms with E-state index >= 15 is 0 Å². The molecule has 1 radical (unpaired) electrons. The van der Waals surface area contributed by atoms with E-state index in [1.165, 1.54) is 16.0 Å². The van der Waals surface area contributed by atoms with Crippen LogP contribution in [0.4, 0.5) is 0 Å². The minimum absolute atomic E-state index is 0. The molecule has 4 aromatic carbocycles. The van der Waals surface area contributed by atoms with Crippen molar-refractivity contribution >= 4 is 50.8 Å². The fraction of sp³-hybridized carbons (Fsp3) is 0.205. The Labute approximate surface area is 321 Å². The molecule has 0 unspecified atom stereocenters. The molecule has 0 atom stereocenters. The zero-order valence-corrected chi connectivity index (χ0v) is 34.4. The minimum atomic E-state index is -2.08. The van der Waals surface area contributed by atoms with Gasteiger partial charge in [0, 0.05) is 36.9 Å². The van der Waals surface area contributed by atoms with Crippen molar-refractivity contribution in [1.82, 2.24) is 19.5 Å². The van der Waals surface area contributed by atoms with Crippen molar-refractivity contribution in [1.29, 1.82) is 0 Å². The molecule has 0 aliphatic rings. The number of aromatic nitrogens is 4. The second kappa shape index (κ2) is 14.3. The predicted octanol–water partition coefficient (Wildman–Crippen LogP) is 10.8. The maximum absolute atomic E-state index is 7.35. The van der Waals surface area contributed by atoms with Crippen LogP contribution in [0.2, 0.25) is 17.3 Å². The summed E-state index contributed by atoms with van der Waals surface area (Å²) in [7, 11) is 0. The van der Waals surface area contributed by atoms with E-state index in [1.54, 1.807) is 12.1 Å². The second-order valence-electron chi connectivity index (χ2n) is 14.7.